The second kappa shape index (κ2) is 6.27. The summed E-state index contributed by atoms with van der Waals surface area (Å²) >= 11 is 9.69. The van der Waals surface area contributed by atoms with Crippen LogP contribution in [0.2, 0.25) is 5.02 Å². The molecular formula is C14H19BrClNO. The molecule has 1 unspecified atom stereocenters. The molecule has 4 heteroatoms. The molecule has 0 fully saturated rings. The molecule has 2 nitrogen and oxygen atoms in total. The zero-order valence-corrected chi connectivity index (χ0v) is 13.1. The van der Waals surface area contributed by atoms with Gasteiger partial charge in [-0.25, -0.2) is 0 Å². The Morgan fingerprint density at radius 1 is 1.44 bits per heavy atom. The van der Waals surface area contributed by atoms with Crippen molar-refractivity contribution in [2.45, 2.75) is 32.9 Å². The van der Waals surface area contributed by atoms with Crippen LogP contribution in [-0.2, 0) is 13.0 Å². The van der Waals surface area contributed by atoms with Gasteiger partial charge in [-0.15, -0.1) is 0 Å². The van der Waals surface area contributed by atoms with Crippen LogP contribution < -0.4 is 10.1 Å². The van der Waals surface area contributed by atoms with E-state index >= 15 is 0 Å². The summed E-state index contributed by atoms with van der Waals surface area (Å²) in [6.45, 7) is 6.02. The van der Waals surface area contributed by atoms with E-state index in [0.29, 0.717) is 12.0 Å². The normalized spacial score (nSPS) is 15.6. The van der Waals surface area contributed by atoms with E-state index in [2.05, 4.69) is 35.1 Å². The van der Waals surface area contributed by atoms with E-state index in [1.165, 1.54) is 11.1 Å². The van der Waals surface area contributed by atoms with Crippen LogP contribution in [0.3, 0.4) is 0 Å². The molecule has 2 rings (SSSR count). The SMILES string of the molecule is CC(C)C(CBr)NCc1cc(Cl)cc2c1OCC2. The summed E-state index contributed by atoms with van der Waals surface area (Å²) in [5.74, 6) is 1.63. The highest BCUT2D eigenvalue weighted by Crippen LogP contribution is 2.32. The van der Waals surface area contributed by atoms with Gasteiger partial charge >= 0.3 is 0 Å². The quantitative estimate of drug-likeness (QED) is 0.829. The largest absolute Gasteiger partial charge is 0.493 e. The van der Waals surface area contributed by atoms with Crippen molar-refractivity contribution in [1.82, 2.24) is 5.32 Å². The highest BCUT2D eigenvalue weighted by molar-refractivity contribution is 9.09. The van der Waals surface area contributed by atoms with Gasteiger partial charge in [0.15, 0.2) is 0 Å². The predicted molar refractivity (Wildman–Crippen MR) is 79.9 cm³/mol. The summed E-state index contributed by atoms with van der Waals surface area (Å²) in [7, 11) is 0. The van der Waals surface area contributed by atoms with Crippen molar-refractivity contribution in [1.29, 1.82) is 0 Å². The fourth-order valence-corrected chi connectivity index (χ4v) is 3.43. The van der Waals surface area contributed by atoms with Crippen molar-refractivity contribution in [2.24, 2.45) is 5.92 Å². The van der Waals surface area contributed by atoms with Crippen LogP contribution in [0.1, 0.15) is 25.0 Å². The fraction of sp³-hybridized carbons (Fsp3) is 0.571. The van der Waals surface area contributed by atoms with Crippen molar-refractivity contribution >= 4 is 27.5 Å². The Labute approximate surface area is 122 Å². The van der Waals surface area contributed by atoms with Crippen LogP contribution >= 0.6 is 27.5 Å². The van der Waals surface area contributed by atoms with E-state index in [-0.39, 0.29) is 0 Å². The van der Waals surface area contributed by atoms with Crippen molar-refractivity contribution in [2.75, 3.05) is 11.9 Å². The Morgan fingerprint density at radius 3 is 2.89 bits per heavy atom. The topological polar surface area (TPSA) is 21.3 Å². The van der Waals surface area contributed by atoms with E-state index in [4.69, 9.17) is 16.3 Å². The summed E-state index contributed by atoms with van der Waals surface area (Å²) in [5.41, 5.74) is 2.40. The fourth-order valence-electron chi connectivity index (χ4n) is 2.19. The highest BCUT2D eigenvalue weighted by atomic mass is 79.9. The van der Waals surface area contributed by atoms with Gasteiger partial charge in [0.25, 0.3) is 0 Å². The van der Waals surface area contributed by atoms with Crippen LogP contribution in [0.4, 0.5) is 0 Å². The lowest BCUT2D eigenvalue weighted by Crippen LogP contribution is -2.34. The molecule has 18 heavy (non-hydrogen) atoms. The molecule has 0 aromatic heterocycles. The molecule has 0 radical (unpaired) electrons. The molecule has 0 spiro atoms. The summed E-state index contributed by atoms with van der Waals surface area (Å²) in [6.07, 6.45) is 0.967. The number of hydrogen-bond donors (Lipinski definition) is 1. The Hall–Kier alpha value is -0.250. The van der Waals surface area contributed by atoms with Gasteiger partial charge in [0, 0.05) is 34.9 Å². The van der Waals surface area contributed by atoms with Crippen molar-refractivity contribution in [3.05, 3.63) is 28.3 Å². The molecule has 0 saturated heterocycles. The first kappa shape index (κ1) is 14.2. The van der Waals surface area contributed by atoms with Gasteiger partial charge in [0.2, 0.25) is 0 Å². The van der Waals surface area contributed by atoms with Crippen molar-refractivity contribution < 1.29 is 4.74 Å². The summed E-state index contributed by atoms with van der Waals surface area (Å²) in [5, 5.41) is 5.31. The van der Waals surface area contributed by atoms with Crippen LogP contribution in [0.25, 0.3) is 0 Å². The predicted octanol–water partition coefficient (Wildman–Crippen LogP) is 3.78. The zero-order chi connectivity index (χ0) is 13.1. The molecular weight excluding hydrogens is 314 g/mol. The number of rotatable bonds is 5. The van der Waals surface area contributed by atoms with Gasteiger partial charge in [0.1, 0.15) is 5.75 Å². The number of ether oxygens (including phenoxy) is 1. The third-order valence-corrected chi connectivity index (χ3v) is 4.27. The monoisotopic (exact) mass is 331 g/mol. The third kappa shape index (κ3) is 3.19. The molecule has 1 aromatic rings. The second-order valence-electron chi connectivity index (χ2n) is 5.04. The number of fused-ring (bicyclic) bond motifs is 1. The van der Waals surface area contributed by atoms with Gasteiger partial charge in [-0.3, -0.25) is 0 Å². The van der Waals surface area contributed by atoms with Gasteiger partial charge in [-0.05, 0) is 23.6 Å². The molecule has 1 atom stereocenters. The average Bonchev–Trinajstić information content (AvgIpc) is 2.77. The molecule has 1 N–H and O–H groups in total. The Bertz CT molecular complexity index is 423. The van der Waals surface area contributed by atoms with E-state index in [1.807, 2.05) is 12.1 Å². The molecule has 0 saturated carbocycles. The molecule has 0 aliphatic carbocycles. The molecule has 0 amide bonds. The Balaban J connectivity index is 2.10. The minimum absolute atomic E-state index is 0.459. The minimum Gasteiger partial charge on any atom is -0.493 e. The maximum Gasteiger partial charge on any atom is 0.127 e. The Morgan fingerprint density at radius 2 is 2.22 bits per heavy atom. The number of nitrogens with one attached hydrogen (secondary N) is 1. The average molecular weight is 333 g/mol. The molecule has 1 aliphatic rings. The second-order valence-corrected chi connectivity index (χ2v) is 6.12. The van der Waals surface area contributed by atoms with Gasteiger partial charge < -0.3 is 10.1 Å². The Kier molecular flexibility index (Phi) is 4.93. The van der Waals surface area contributed by atoms with Crippen LogP contribution in [0, 0.1) is 5.92 Å². The van der Waals surface area contributed by atoms with Crippen LogP contribution in [0.15, 0.2) is 12.1 Å². The van der Waals surface area contributed by atoms with Gasteiger partial charge in [-0.2, -0.15) is 0 Å². The van der Waals surface area contributed by atoms with E-state index in [0.717, 1.165) is 35.7 Å². The van der Waals surface area contributed by atoms with Gasteiger partial charge in [0.05, 0.1) is 6.61 Å². The zero-order valence-electron chi connectivity index (χ0n) is 10.8. The number of benzene rings is 1. The first-order valence-corrected chi connectivity index (χ1v) is 7.85. The van der Waals surface area contributed by atoms with Crippen LogP contribution in [0.5, 0.6) is 5.75 Å². The number of hydrogen-bond acceptors (Lipinski definition) is 2. The first-order chi connectivity index (χ1) is 8.61. The van der Waals surface area contributed by atoms with E-state index < -0.39 is 0 Å². The number of alkyl halides is 1. The maximum atomic E-state index is 6.15. The summed E-state index contributed by atoms with van der Waals surface area (Å²) < 4.78 is 5.70. The molecule has 1 aromatic carbocycles. The lowest BCUT2D eigenvalue weighted by molar-refractivity contribution is 0.350. The summed E-state index contributed by atoms with van der Waals surface area (Å²) in [6, 6.07) is 4.48. The lowest BCUT2D eigenvalue weighted by Gasteiger charge is -2.20. The van der Waals surface area contributed by atoms with Crippen molar-refractivity contribution in [3.8, 4) is 5.75 Å². The molecule has 100 valence electrons. The third-order valence-electron chi connectivity index (χ3n) is 3.35. The molecule has 1 aliphatic heterocycles. The minimum atomic E-state index is 0.459. The first-order valence-electron chi connectivity index (χ1n) is 6.35. The maximum absolute atomic E-state index is 6.15. The summed E-state index contributed by atoms with van der Waals surface area (Å²) in [4.78, 5) is 0. The molecule has 0 bridgehead atoms. The molecule has 1 heterocycles. The van der Waals surface area contributed by atoms with Crippen molar-refractivity contribution in [3.63, 3.8) is 0 Å². The van der Waals surface area contributed by atoms with Gasteiger partial charge in [-0.1, -0.05) is 41.4 Å². The number of halogens is 2. The smallest absolute Gasteiger partial charge is 0.127 e. The van der Waals surface area contributed by atoms with Crippen LogP contribution in [-0.4, -0.2) is 18.0 Å². The van der Waals surface area contributed by atoms with E-state index in [9.17, 15) is 0 Å². The van der Waals surface area contributed by atoms with E-state index in [1.54, 1.807) is 0 Å². The standard InChI is InChI=1S/C14H19BrClNO/c1-9(2)13(7-15)17-8-11-6-12(16)5-10-3-4-18-14(10)11/h5-6,9,13,17H,3-4,7-8H2,1-2H3. The highest BCUT2D eigenvalue weighted by Gasteiger charge is 2.18. The lowest BCUT2D eigenvalue weighted by atomic mass is 10.0.